The highest BCUT2D eigenvalue weighted by atomic mass is 16.6. The van der Waals surface area contributed by atoms with Crippen LogP contribution in [0.3, 0.4) is 0 Å². The highest BCUT2D eigenvalue weighted by molar-refractivity contribution is 5.97. The Balaban J connectivity index is 1.41. The summed E-state index contributed by atoms with van der Waals surface area (Å²) in [5, 5.41) is 13.9. The first-order valence-electron chi connectivity index (χ1n) is 24.8. The number of carbonyl (C=O) groups excluding carboxylic acids is 7. The molecule has 392 valence electrons. The van der Waals surface area contributed by atoms with Crippen molar-refractivity contribution in [2.45, 2.75) is 116 Å². The summed E-state index contributed by atoms with van der Waals surface area (Å²) in [4.78, 5) is 97.2. The summed E-state index contributed by atoms with van der Waals surface area (Å²) < 4.78 is 21.9. The van der Waals surface area contributed by atoms with Gasteiger partial charge in [0.1, 0.15) is 41.3 Å². The molecule has 4 bridgehead atoms. The van der Waals surface area contributed by atoms with Gasteiger partial charge in [-0.05, 0) is 124 Å². The molecule has 0 aromatic heterocycles. The number of hydrogen-bond acceptors (Lipinski definition) is 11. The van der Waals surface area contributed by atoms with Gasteiger partial charge in [0.15, 0.2) is 0 Å². The molecule has 0 aliphatic carbocycles. The molecule has 0 fully saturated rings. The van der Waals surface area contributed by atoms with Crippen LogP contribution in [-0.2, 0) is 46.3 Å². The molecular weight excluding hydrogens is 933 g/mol. The van der Waals surface area contributed by atoms with Gasteiger partial charge in [0.25, 0.3) is 5.91 Å². The third-order valence-electron chi connectivity index (χ3n) is 12.5. The number of nitrogens with zero attached hydrogens (tertiary/aromatic N) is 1. The van der Waals surface area contributed by atoms with Crippen LogP contribution >= 0.6 is 0 Å². The molecule has 4 aromatic rings. The molecule has 1 aliphatic heterocycles. The number of carbonyl (C=O) groups is 7. The lowest BCUT2D eigenvalue weighted by Crippen LogP contribution is -2.55. The number of aryl methyl sites for hydroxylation is 1. The number of benzene rings is 4. The van der Waals surface area contributed by atoms with E-state index in [0.29, 0.717) is 52.2 Å². The molecule has 0 spiro atoms. The number of rotatable bonds is 19. The minimum absolute atomic E-state index is 0.0516. The third kappa shape index (κ3) is 15.8. The summed E-state index contributed by atoms with van der Waals surface area (Å²) in [6.07, 6.45) is 3.58. The van der Waals surface area contributed by atoms with Gasteiger partial charge in [-0.15, -0.1) is 0 Å². The van der Waals surface area contributed by atoms with Gasteiger partial charge < -0.3 is 50.4 Å². The number of esters is 1. The molecule has 0 saturated heterocycles. The molecule has 5 atom stereocenters. The van der Waals surface area contributed by atoms with E-state index in [0.717, 1.165) is 30.4 Å². The van der Waals surface area contributed by atoms with Gasteiger partial charge in [-0.1, -0.05) is 68.8 Å². The molecule has 5 rings (SSSR count). The standard InChI is InChI=1S/C56H72N6O11/c1-11-12-15-36-17-20-38(21-18-36)39-22-24-40(25-23-39)51(65)58-33-34(2)49(63)60-44(16-13-14-29-57-55(69)73-56(4,5)6)53(67)62(7)48-41-26-28-47(71-9)43(32-41)42-30-37(19-27-46(42)70-8)31-45(54(68)72-10)61-50(64)35(3)59-52(48)66/h17-28,30,32,34-35,44-45,48H,11-16,29,31,33H2,1-10H3,(H,57,69)(H,58,65)(H,59,66)(H,60,63)(H,61,64)/t34-,35+,44+,45+,48+/m1/s1. The first kappa shape index (κ1) is 56.5. The fourth-order valence-corrected chi connectivity index (χ4v) is 8.40. The predicted molar refractivity (Wildman–Crippen MR) is 278 cm³/mol. The van der Waals surface area contributed by atoms with Gasteiger partial charge in [-0.3, -0.25) is 24.0 Å². The fourth-order valence-electron chi connectivity index (χ4n) is 8.40. The van der Waals surface area contributed by atoms with E-state index in [9.17, 15) is 33.6 Å². The summed E-state index contributed by atoms with van der Waals surface area (Å²) in [6.45, 7) is 10.7. The van der Waals surface area contributed by atoms with Crippen molar-refractivity contribution in [3.8, 4) is 33.8 Å². The first-order chi connectivity index (χ1) is 34.8. The van der Waals surface area contributed by atoms with Crippen LogP contribution in [0.15, 0.2) is 84.9 Å². The summed E-state index contributed by atoms with van der Waals surface area (Å²) in [6, 6.07) is 21.0. The summed E-state index contributed by atoms with van der Waals surface area (Å²) >= 11 is 0. The Morgan fingerprint density at radius 1 is 0.781 bits per heavy atom. The maximum atomic E-state index is 14.9. The Hall–Kier alpha value is -7.43. The van der Waals surface area contributed by atoms with Crippen LogP contribution in [0.5, 0.6) is 11.5 Å². The number of unbranched alkanes of at least 4 members (excludes halogenated alkanes) is 2. The van der Waals surface area contributed by atoms with Crippen molar-refractivity contribution < 1.29 is 52.5 Å². The van der Waals surface area contributed by atoms with Gasteiger partial charge in [-0.2, -0.15) is 0 Å². The SMILES string of the molecule is CCCCc1ccc(-c2ccc(C(=O)NC[C@@H](C)C(=O)N[C@@H](CCCCNC(=O)OC(C)(C)C)C(=O)N(C)[C@@H]3C(=O)N[C@@H](C)C(=O)N[C@H](C(=O)OC)Cc4ccc(OC)c(c4)-c4cc3ccc4OC)cc2)cc1. The Labute approximate surface area is 428 Å². The molecule has 0 saturated carbocycles. The van der Waals surface area contributed by atoms with Gasteiger partial charge in [0.05, 0.1) is 27.2 Å². The summed E-state index contributed by atoms with van der Waals surface area (Å²) in [5.41, 5.74) is 5.01. The van der Waals surface area contributed by atoms with Crippen molar-refractivity contribution in [2.24, 2.45) is 5.92 Å². The topological polar surface area (TPSA) is 220 Å². The lowest BCUT2D eigenvalue weighted by atomic mass is 9.93. The Kier molecular flexibility index (Phi) is 20.4. The summed E-state index contributed by atoms with van der Waals surface area (Å²) in [7, 11) is 5.63. The number of methoxy groups -OCH3 is 3. The van der Waals surface area contributed by atoms with Crippen molar-refractivity contribution in [3.63, 3.8) is 0 Å². The van der Waals surface area contributed by atoms with E-state index in [4.69, 9.17) is 18.9 Å². The van der Waals surface area contributed by atoms with Gasteiger partial charge in [0, 0.05) is 43.2 Å². The zero-order valence-corrected chi connectivity index (χ0v) is 43.8. The zero-order valence-electron chi connectivity index (χ0n) is 43.8. The van der Waals surface area contributed by atoms with E-state index in [1.807, 2.05) is 12.1 Å². The van der Waals surface area contributed by atoms with Crippen LogP contribution in [0.25, 0.3) is 22.3 Å². The maximum Gasteiger partial charge on any atom is 0.407 e. The molecule has 1 heterocycles. The Bertz CT molecular complexity index is 2580. The number of fused-ring (bicyclic) bond motifs is 5. The van der Waals surface area contributed by atoms with Crippen molar-refractivity contribution in [1.29, 1.82) is 0 Å². The lowest BCUT2D eigenvalue weighted by Gasteiger charge is -2.33. The molecule has 4 aromatic carbocycles. The number of alkyl carbamates (subject to hydrolysis) is 1. The number of amides is 6. The minimum atomic E-state index is -1.39. The largest absolute Gasteiger partial charge is 0.496 e. The summed E-state index contributed by atoms with van der Waals surface area (Å²) in [5.74, 6) is -3.61. The zero-order chi connectivity index (χ0) is 53.4. The van der Waals surface area contributed by atoms with E-state index >= 15 is 0 Å². The first-order valence-corrected chi connectivity index (χ1v) is 24.8. The van der Waals surface area contributed by atoms with Gasteiger partial charge >= 0.3 is 12.1 Å². The van der Waals surface area contributed by atoms with E-state index in [1.54, 1.807) is 76.2 Å². The number of likely N-dealkylation sites (N-methyl/N-ethyl adjacent to an activating group) is 1. The Morgan fingerprint density at radius 3 is 2.03 bits per heavy atom. The van der Waals surface area contributed by atoms with Crippen molar-refractivity contribution in [2.75, 3.05) is 41.5 Å². The second-order valence-electron chi connectivity index (χ2n) is 19.3. The molecule has 17 nitrogen and oxygen atoms in total. The van der Waals surface area contributed by atoms with Gasteiger partial charge in [-0.25, -0.2) is 9.59 Å². The van der Waals surface area contributed by atoms with E-state index < -0.39 is 71.4 Å². The van der Waals surface area contributed by atoms with Gasteiger partial charge in [0.2, 0.25) is 23.6 Å². The normalized spacial score (nSPS) is 16.5. The lowest BCUT2D eigenvalue weighted by molar-refractivity contribution is -0.145. The molecule has 0 unspecified atom stereocenters. The highest BCUT2D eigenvalue weighted by Gasteiger charge is 2.36. The van der Waals surface area contributed by atoms with Crippen LogP contribution < -0.4 is 36.1 Å². The molecule has 73 heavy (non-hydrogen) atoms. The fraction of sp³-hybridized carbons (Fsp3) is 0.446. The minimum Gasteiger partial charge on any atom is -0.496 e. The Morgan fingerprint density at radius 2 is 1.41 bits per heavy atom. The predicted octanol–water partition coefficient (Wildman–Crippen LogP) is 6.84. The quantitative estimate of drug-likeness (QED) is 0.0484. The average Bonchev–Trinajstić information content (AvgIpc) is 3.37. The van der Waals surface area contributed by atoms with E-state index in [-0.39, 0.29) is 31.8 Å². The average molecular weight is 1010 g/mol. The van der Waals surface area contributed by atoms with Crippen LogP contribution in [0.1, 0.15) is 107 Å². The number of hydrogen-bond donors (Lipinski definition) is 5. The molecular formula is C56H72N6O11. The molecule has 6 amide bonds. The molecule has 0 radical (unpaired) electrons. The monoisotopic (exact) mass is 1000 g/mol. The molecule has 17 heteroatoms. The van der Waals surface area contributed by atoms with Crippen molar-refractivity contribution in [3.05, 3.63) is 107 Å². The van der Waals surface area contributed by atoms with Crippen molar-refractivity contribution >= 4 is 41.6 Å². The van der Waals surface area contributed by atoms with Crippen LogP contribution in [-0.4, -0.2) is 112 Å². The van der Waals surface area contributed by atoms with Crippen molar-refractivity contribution in [1.82, 2.24) is 31.5 Å². The third-order valence-corrected chi connectivity index (χ3v) is 12.5. The van der Waals surface area contributed by atoms with Crippen LogP contribution in [0, 0.1) is 5.92 Å². The smallest absolute Gasteiger partial charge is 0.407 e. The van der Waals surface area contributed by atoms with Crippen LogP contribution in [0.2, 0.25) is 0 Å². The maximum absolute atomic E-state index is 14.9. The van der Waals surface area contributed by atoms with E-state index in [2.05, 4.69) is 57.8 Å². The number of nitrogens with one attached hydrogen (secondary N) is 5. The number of ether oxygens (including phenoxy) is 4. The van der Waals surface area contributed by atoms with E-state index in [1.165, 1.54) is 45.8 Å². The molecule has 1 aliphatic rings. The van der Waals surface area contributed by atoms with Crippen LogP contribution in [0.4, 0.5) is 4.79 Å². The highest BCUT2D eigenvalue weighted by Crippen LogP contribution is 2.40. The second kappa shape index (κ2) is 26.3. The second-order valence-corrected chi connectivity index (χ2v) is 19.3. The molecule has 5 N–H and O–H groups in total.